The van der Waals surface area contributed by atoms with Crippen LogP contribution in [0.25, 0.3) is 0 Å². The predicted molar refractivity (Wildman–Crippen MR) is 56.4 cm³/mol. The summed E-state index contributed by atoms with van der Waals surface area (Å²) in [5.74, 6) is 0.355. The molecule has 1 nitrogen and oxygen atoms in total. The van der Waals surface area contributed by atoms with Crippen LogP contribution in [0.1, 0.15) is 36.0 Å². The highest BCUT2D eigenvalue weighted by molar-refractivity contribution is 5.41. The van der Waals surface area contributed by atoms with Crippen molar-refractivity contribution in [2.45, 2.75) is 33.1 Å². The van der Waals surface area contributed by atoms with Gasteiger partial charge >= 0.3 is 0 Å². The molecular formula is C12H18O. The number of hydrogen-bond acceptors (Lipinski definition) is 1. The Kier molecular flexibility index (Phi) is 1.70. The van der Waals surface area contributed by atoms with Crippen LogP contribution in [0, 0.1) is 6.92 Å². The number of rotatable bonds is 1. The largest absolute Gasteiger partial charge is 0.496 e. The second-order valence-electron chi connectivity index (χ2n) is 4.16. The van der Waals surface area contributed by atoms with Crippen LogP contribution >= 0.6 is 0 Å². The van der Waals surface area contributed by atoms with E-state index in [0.717, 1.165) is 0 Å². The van der Waals surface area contributed by atoms with Crippen molar-refractivity contribution >= 4 is 0 Å². The van der Waals surface area contributed by atoms with E-state index in [1.54, 1.807) is 6.92 Å². The van der Waals surface area contributed by atoms with Crippen LogP contribution in [0.5, 0.6) is 5.75 Å². The van der Waals surface area contributed by atoms with E-state index in [4.69, 9.17) is 8.85 Å². The Bertz CT molecular complexity index is 419. The topological polar surface area (TPSA) is 9.23 Å². The normalized spacial score (nSPS) is 14.7. The summed E-state index contributed by atoms with van der Waals surface area (Å²) in [7, 11) is 1.48. The molecule has 0 aliphatic carbocycles. The second-order valence-corrected chi connectivity index (χ2v) is 4.16. The van der Waals surface area contributed by atoms with Gasteiger partial charge in [0.15, 0.2) is 0 Å². The third kappa shape index (κ3) is 2.24. The van der Waals surface area contributed by atoms with Gasteiger partial charge in [0, 0.05) is 0 Å². The predicted octanol–water partition coefficient (Wildman–Crippen LogP) is 3.30. The first-order valence-corrected chi connectivity index (χ1v) is 4.36. The van der Waals surface area contributed by atoms with Gasteiger partial charge in [0.2, 0.25) is 0 Å². The molecule has 1 heteroatoms. The zero-order chi connectivity index (χ0) is 12.7. The van der Waals surface area contributed by atoms with Crippen molar-refractivity contribution in [3.63, 3.8) is 0 Å². The molecule has 0 amide bonds. The van der Waals surface area contributed by atoms with E-state index >= 15 is 0 Å². The third-order valence-corrected chi connectivity index (χ3v) is 1.86. The standard InChI is InChI=1S/C12H18O/c1-9-6-7-11(13-5)10(8-9)12(2,3)4/h6-8H,1-5H3/i6T,7T,8T. The Labute approximate surface area is 84.9 Å². The summed E-state index contributed by atoms with van der Waals surface area (Å²) in [4.78, 5) is 0. The van der Waals surface area contributed by atoms with Gasteiger partial charge in [0.1, 0.15) is 5.75 Å². The molecule has 0 spiro atoms. The average Bonchev–Trinajstić information content (AvgIpc) is 2.18. The van der Waals surface area contributed by atoms with Crippen molar-refractivity contribution in [1.82, 2.24) is 0 Å². The molecule has 0 atom stereocenters. The lowest BCUT2D eigenvalue weighted by Crippen LogP contribution is -2.12. The van der Waals surface area contributed by atoms with Crippen LogP contribution in [-0.4, -0.2) is 7.11 Å². The zero-order valence-corrected chi connectivity index (χ0v) is 8.91. The summed E-state index contributed by atoms with van der Waals surface area (Å²) in [6.45, 7) is 7.64. The van der Waals surface area contributed by atoms with Crippen LogP contribution in [0.2, 0.25) is 0 Å². The Morgan fingerprint density at radius 2 is 1.92 bits per heavy atom. The molecule has 1 aromatic rings. The summed E-state index contributed by atoms with van der Waals surface area (Å²) >= 11 is 0. The monoisotopic (exact) mass is 184 g/mol. The van der Waals surface area contributed by atoms with Gasteiger partial charge in [-0.05, 0) is 23.9 Å². The van der Waals surface area contributed by atoms with E-state index in [0.29, 0.717) is 22.9 Å². The van der Waals surface area contributed by atoms with Gasteiger partial charge in [0.25, 0.3) is 0 Å². The summed E-state index contributed by atoms with van der Waals surface area (Å²) in [6, 6.07) is 0.459. The summed E-state index contributed by atoms with van der Waals surface area (Å²) in [5.41, 5.74) is 0.973. The number of ether oxygens (including phenoxy) is 1. The van der Waals surface area contributed by atoms with Gasteiger partial charge in [-0.25, -0.2) is 0 Å². The molecule has 0 aliphatic heterocycles. The highest BCUT2D eigenvalue weighted by atomic mass is 16.5. The van der Waals surface area contributed by atoms with Crippen LogP contribution in [0.4, 0.5) is 0 Å². The molecule has 72 valence electrons. The first-order chi connectivity index (χ1) is 7.21. The SMILES string of the molecule is [3H]c1c([3H])c(OC)c(C(C)(C)C)c([3H])c1C. The average molecular weight is 184 g/mol. The van der Waals surface area contributed by atoms with E-state index in [9.17, 15) is 0 Å². The van der Waals surface area contributed by atoms with Gasteiger partial charge in [0.05, 0.1) is 11.2 Å². The van der Waals surface area contributed by atoms with Crippen LogP contribution < -0.4 is 4.74 Å². The van der Waals surface area contributed by atoms with E-state index in [-0.39, 0.29) is 17.5 Å². The van der Waals surface area contributed by atoms with Crippen LogP contribution in [-0.2, 0) is 5.41 Å². The molecule has 1 rings (SSSR count). The van der Waals surface area contributed by atoms with Gasteiger partial charge in [-0.1, -0.05) is 38.4 Å². The maximum Gasteiger partial charge on any atom is 0.122 e. The Morgan fingerprint density at radius 1 is 1.31 bits per heavy atom. The van der Waals surface area contributed by atoms with Gasteiger partial charge in [-0.2, -0.15) is 0 Å². The molecule has 0 saturated heterocycles. The van der Waals surface area contributed by atoms with Crippen molar-refractivity contribution < 1.29 is 8.85 Å². The smallest absolute Gasteiger partial charge is 0.122 e. The number of benzene rings is 1. The van der Waals surface area contributed by atoms with Crippen molar-refractivity contribution in [2.75, 3.05) is 7.11 Å². The van der Waals surface area contributed by atoms with E-state index in [2.05, 4.69) is 0 Å². The van der Waals surface area contributed by atoms with E-state index in [1.807, 2.05) is 20.8 Å². The molecule has 1 aromatic carbocycles. The fourth-order valence-corrected chi connectivity index (χ4v) is 1.17. The minimum atomic E-state index is -0.267. The zero-order valence-electron chi connectivity index (χ0n) is 11.9. The highest BCUT2D eigenvalue weighted by Crippen LogP contribution is 2.31. The first-order valence-electron chi connectivity index (χ1n) is 5.86. The Balaban J connectivity index is 3.72. The Hall–Kier alpha value is -0.980. The maximum atomic E-state index is 8.05. The molecule has 0 unspecified atom stereocenters. The van der Waals surface area contributed by atoms with Gasteiger partial charge in [-0.3, -0.25) is 0 Å². The van der Waals surface area contributed by atoms with Crippen molar-refractivity contribution in [1.29, 1.82) is 0 Å². The lowest BCUT2D eigenvalue weighted by Gasteiger charge is -2.22. The minimum absolute atomic E-state index is 0.0703. The molecular weight excluding hydrogens is 160 g/mol. The molecule has 0 saturated carbocycles. The molecule has 0 heterocycles. The van der Waals surface area contributed by atoms with Gasteiger partial charge in [-0.15, -0.1) is 0 Å². The first kappa shape index (κ1) is 6.47. The highest BCUT2D eigenvalue weighted by Gasteiger charge is 2.18. The molecule has 0 aromatic heterocycles. The quantitative estimate of drug-likeness (QED) is 0.650. The summed E-state index contributed by atoms with van der Waals surface area (Å²) < 4.78 is 28.8. The van der Waals surface area contributed by atoms with E-state index < -0.39 is 0 Å². The fourth-order valence-electron chi connectivity index (χ4n) is 1.17. The molecule has 0 bridgehead atoms. The lowest BCUT2D eigenvalue weighted by molar-refractivity contribution is 0.397. The molecule has 13 heavy (non-hydrogen) atoms. The Morgan fingerprint density at radius 3 is 2.38 bits per heavy atom. The third-order valence-electron chi connectivity index (χ3n) is 1.86. The molecule has 0 aliphatic rings. The summed E-state index contributed by atoms with van der Waals surface area (Å²) in [5, 5.41) is 0. The minimum Gasteiger partial charge on any atom is -0.496 e. The van der Waals surface area contributed by atoms with Crippen molar-refractivity contribution in [3.8, 4) is 5.75 Å². The fraction of sp³-hybridized carbons (Fsp3) is 0.500. The second kappa shape index (κ2) is 3.41. The van der Waals surface area contributed by atoms with Crippen LogP contribution in [0.15, 0.2) is 18.1 Å². The van der Waals surface area contributed by atoms with Crippen molar-refractivity contribution in [3.05, 3.63) is 29.3 Å². The maximum absolute atomic E-state index is 8.05. The van der Waals surface area contributed by atoms with Crippen molar-refractivity contribution in [2.24, 2.45) is 0 Å². The molecule has 0 fully saturated rings. The van der Waals surface area contributed by atoms with E-state index in [1.165, 1.54) is 7.11 Å². The molecule has 0 radical (unpaired) electrons. The number of hydrogen-bond donors (Lipinski definition) is 0. The van der Waals surface area contributed by atoms with Crippen LogP contribution in [0.3, 0.4) is 0 Å². The summed E-state index contributed by atoms with van der Waals surface area (Å²) in [6.07, 6.45) is 0. The number of methoxy groups -OCH3 is 1. The molecule has 0 N–H and O–H groups in total. The lowest BCUT2D eigenvalue weighted by atomic mass is 9.85. The van der Waals surface area contributed by atoms with Gasteiger partial charge < -0.3 is 4.74 Å².